The minimum Gasteiger partial charge on any atom is -0.336 e. The van der Waals surface area contributed by atoms with Gasteiger partial charge in [0.1, 0.15) is 0 Å². The summed E-state index contributed by atoms with van der Waals surface area (Å²) < 4.78 is 0. The third-order valence-electron chi connectivity index (χ3n) is 1.88. The second-order valence-electron chi connectivity index (χ2n) is 3.67. The van der Waals surface area contributed by atoms with Crippen LogP contribution in [-0.2, 0) is 0 Å². The van der Waals surface area contributed by atoms with Gasteiger partial charge in [0.2, 0.25) is 0 Å². The number of amides is 2. The lowest BCUT2D eigenvalue weighted by Gasteiger charge is -2.17. The van der Waals surface area contributed by atoms with Gasteiger partial charge in [-0.15, -0.1) is 0 Å². The molecule has 1 unspecified atom stereocenters. The summed E-state index contributed by atoms with van der Waals surface area (Å²) in [5.41, 5.74) is 0. The van der Waals surface area contributed by atoms with Crippen LogP contribution < -0.4 is 10.6 Å². The van der Waals surface area contributed by atoms with Gasteiger partial charge in [0.15, 0.2) is 0 Å². The highest BCUT2D eigenvalue weighted by Gasteiger charge is 2.08. The van der Waals surface area contributed by atoms with Gasteiger partial charge < -0.3 is 10.6 Å². The number of carbonyl (C=O) groups is 1. The third-order valence-corrected chi connectivity index (χ3v) is 1.88. The average molecular weight is 186 g/mol. The summed E-state index contributed by atoms with van der Waals surface area (Å²) in [5, 5.41) is 5.76. The van der Waals surface area contributed by atoms with Crippen molar-refractivity contribution in [2.45, 2.75) is 59.0 Å². The van der Waals surface area contributed by atoms with Crippen LogP contribution in [0.4, 0.5) is 4.79 Å². The predicted molar refractivity (Wildman–Crippen MR) is 55.8 cm³/mol. The molecule has 1 atom stereocenters. The van der Waals surface area contributed by atoms with Crippen molar-refractivity contribution in [3.8, 4) is 0 Å². The van der Waals surface area contributed by atoms with Crippen LogP contribution in [0.3, 0.4) is 0 Å². The quantitative estimate of drug-likeness (QED) is 0.679. The minimum atomic E-state index is -0.0460. The second-order valence-corrected chi connectivity index (χ2v) is 3.67. The van der Waals surface area contributed by atoms with Crippen molar-refractivity contribution >= 4 is 6.03 Å². The van der Waals surface area contributed by atoms with Crippen molar-refractivity contribution in [1.82, 2.24) is 10.6 Å². The molecule has 3 heteroatoms. The monoisotopic (exact) mass is 186 g/mol. The molecule has 0 heterocycles. The van der Waals surface area contributed by atoms with Crippen LogP contribution in [-0.4, -0.2) is 18.1 Å². The zero-order valence-corrected chi connectivity index (χ0v) is 9.18. The smallest absolute Gasteiger partial charge is 0.315 e. The molecular weight excluding hydrogens is 164 g/mol. The lowest BCUT2D eigenvalue weighted by Crippen LogP contribution is -2.44. The van der Waals surface area contributed by atoms with E-state index >= 15 is 0 Å². The van der Waals surface area contributed by atoms with Crippen LogP contribution >= 0.6 is 0 Å². The van der Waals surface area contributed by atoms with E-state index in [0.717, 1.165) is 19.3 Å². The SMILES string of the molecule is CCCC(CC)NC(=O)NC(C)C. The zero-order valence-electron chi connectivity index (χ0n) is 9.18. The molecule has 0 fully saturated rings. The highest BCUT2D eigenvalue weighted by molar-refractivity contribution is 5.74. The first kappa shape index (κ1) is 12.3. The Morgan fingerprint density at radius 2 is 1.85 bits per heavy atom. The number of hydrogen-bond acceptors (Lipinski definition) is 1. The van der Waals surface area contributed by atoms with Gasteiger partial charge in [0.05, 0.1) is 0 Å². The van der Waals surface area contributed by atoms with Crippen molar-refractivity contribution in [3.05, 3.63) is 0 Å². The fraction of sp³-hybridized carbons (Fsp3) is 0.900. The lowest BCUT2D eigenvalue weighted by molar-refractivity contribution is 0.233. The largest absolute Gasteiger partial charge is 0.336 e. The maximum absolute atomic E-state index is 11.3. The van der Waals surface area contributed by atoms with Gasteiger partial charge >= 0.3 is 6.03 Å². The van der Waals surface area contributed by atoms with Crippen molar-refractivity contribution in [2.24, 2.45) is 0 Å². The number of rotatable bonds is 5. The van der Waals surface area contributed by atoms with E-state index in [1.807, 2.05) is 13.8 Å². The Hall–Kier alpha value is -0.730. The molecule has 0 aromatic rings. The van der Waals surface area contributed by atoms with E-state index in [9.17, 15) is 4.79 Å². The number of hydrogen-bond donors (Lipinski definition) is 2. The molecule has 2 amide bonds. The van der Waals surface area contributed by atoms with E-state index in [2.05, 4.69) is 24.5 Å². The van der Waals surface area contributed by atoms with Crippen LogP contribution in [0.15, 0.2) is 0 Å². The Bertz CT molecular complexity index is 146. The van der Waals surface area contributed by atoms with Gasteiger partial charge in [0, 0.05) is 12.1 Å². The minimum absolute atomic E-state index is 0.0460. The summed E-state index contributed by atoms with van der Waals surface area (Å²) in [4.78, 5) is 11.3. The van der Waals surface area contributed by atoms with E-state index in [1.54, 1.807) is 0 Å². The molecule has 78 valence electrons. The topological polar surface area (TPSA) is 41.1 Å². The molecule has 0 saturated carbocycles. The Morgan fingerprint density at radius 3 is 2.23 bits per heavy atom. The highest BCUT2D eigenvalue weighted by Crippen LogP contribution is 2.00. The fourth-order valence-corrected chi connectivity index (χ4v) is 1.22. The lowest BCUT2D eigenvalue weighted by atomic mass is 10.1. The standard InChI is InChI=1S/C10H22N2O/c1-5-7-9(6-2)12-10(13)11-8(3)4/h8-9H,5-7H2,1-4H3,(H2,11,12,13). The fourth-order valence-electron chi connectivity index (χ4n) is 1.22. The molecule has 0 saturated heterocycles. The summed E-state index contributed by atoms with van der Waals surface area (Å²) in [6.45, 7) is 8.14. The molecule has 3 nitrogen and oxygen atoms in total. The highest BCUT2D eigenvalue weighted by atomic mass is 16.2. The van der Waals surface area contributed by atoms with Crippen molar-refractivity contribution < 1.29 is 4.79 Å². The first-order valence-electron chi connectivity index (χ1n) is 5.17. The first-order valence-corrected chi connectivity index (χ1v) is 5.17. The Morgan fingerprint density at radius 1 is 1.23 bits per heavy atom. The normalized spacial score (nSPS) is 12.7. The van der Waals surface area contributed by atoms with E-state index in [1.165, 1.54) is 0 Å². The van der Waals surface area contributed by atoms with Gasteiger partial charge in [-0.05, 0) is 26.7 Å². The maximum Gasteiger partial charge on any atom is 0.315 e. The first-order chi connectivity index (χ1) is 6.10. The number of carbonyl (C=O) groups excluding carboxylic acids is 1. The summed E-state index contributed by atoms with van der Waals surface area (Å²) >= 11 is 0. The number of urea groups is 1. The summed E-state index contributed by atoms with van der Waals surface area (Å²) in [7, 11) is 0. The van der Waals surface area contributed by atoms with Crippen LogP contribution in [0.5, 0.6) is 0 Å². The third kappa shape index (κ3) is 6.43. The zero-order chi connectivity index (χ0) is 10.3. The van der Waals surface area contributed by atoms with E-state index in [4.69, 9.17) is 0 Å². The summed E-state index contributed by atoms with van der Waals surface area (Å²) in [6, 6.07) is 0.484. The summed E-state index contributed by atoms with van der Waals surface area (Å²) in [6.07, 6.45) is 3.17. The molecule has 0 aliphatic carbocycles. The van der Waals surface area contributed by atoms with Crippen molar-refractivity contribution in [3.63, 3.8) is 0 Å². The van der Waals surface area contributed by atoms with Crippen LogP contribution in [0, 0.1) is 0 Å². The van der Waals surface area contributed by atoms with Crippen molar-refractivity contribution in [1.29, 1.82) is 0 Å². The Labute approximate surface area is 81.3 Å². The molecular formula is C10H22N2O. The van der Waals surface area contributed by atoms with Gasteiger partial charge in [-0.25, -0.2) is 4.79 Å². The predicted octanol–water partition coefficient (Wildman–Crippen LogP) is 2.27. The molecule has 0 aliphatic rings. The maximum atomic E-state index is 11.3. The average Bonchev–Trinajstić information content (AvgIpc) is 2.02. The molecule has 2 N–H and O–H groups in total. The Balaban J connectivity index is 3.73. The molecule has 0 radical (unpaired) electrons. The van der Waals surface area contributed by atoms with E-state index < -0.39 is 0 Å². The van der Waals surface area contributed by atoms with Gasteiger partial charge in [-0.2, -0.15) is 0 Å². The molecule has 0 spiro atoms. The van der Waals surface area contributed by atoms with E-state index in [0.29, 0.717) is 6.04 Å². The summed E-state index contributed by atoms with van der Waals surface area (Å²) in [5.74, 6) is 0. The van der Waals surface area contributed by atoms with Crippen LogP contribution in [0.25, 0.3) is 0 Å². The molecule has 0 bridgehead atoms. The van der Waals surface area contributed by atoms with Crippen LogP contribution in [0.2, 0.25) is 0 Å². The van der Waals surface area contributed by atoms with Gasteiger partial charge in [-0.1, -0.05) is 20.3 Å². The molecule has 0 aromatic heterocycles. The van der Waals surface area contributed by atoms with Gasteiger partial charge in [0.25, 0.3) is 0 Å². The van der Waals surface area contributed by atoms with Crippen molar-refractivity contribution in [2.75, 3.05) is 0 Å². The van der Waals surface area contributed by atoms with Crippen LogP contribution in [0.1, 0.15) is 47.0 Å². The number of nitrogens with one attached hydrogen (secondary N) is 2. The van der Waals surface area contributed by atoms with Gasteiger partial charge in [-0.3, -0.25) is 0 Å². The second kappa shape index (κ2) is 6.75. The molecule has 0 rings (SSSR count). The molecule has 13 heavy (non-hydrogen) atoms. The molecule has 0 aromatic carbocycles. The van der Waals surface area contributed by atoms with E-state index in [-0.39, 0.29) is 12.1 Å². The Kier molecular flexibility index (Phi) is 6.37. The molecule has 0 aliphatic heterocycles.